The van der Waals surface area contributed by atoms with Crippen molar-refractivity contribution in [2.24, 2.45) is 5.73 Å². The highest BCUT2D eigenvalue weighted by Gasteiger charge is 2.25. The summed E-state index contributed by atoms with van der Waals surface area (Å²) in [7, 11) is 0. The Hall–Kier alpha value is -1.57. The van der Waals surface area contributed by atoms with Gasteiger partial charge in [-0.1, -0.05) is 18.2 Å². The summed E-state index contributed by atoms with van der Waals surface area (Å²) in [5, 5.41) is 5.82. The molecule has 2 amide bonds. The Labute approximate surface area is 134 Å². The van der Waals surface area contributed by atoms with Crippen LogP contribution in [0.1, 0.15) is 18.9 Å². The van der Waals surface area contributed by atoms with Gasteiger partial charge in [-0.2, -0.15) is 0 Å². The van der Waals surface area contributed by atoms with Crippen LogP contribution in [0.5, 0.6) is 0 Å². The number of carbonyl (C=O) groups excluding carboxylic acids is 2. The van der Waals surface area contributed by atoms with Crippen LogP contribution >= 0.6 is 11.8 Å². The van der Waals surface area contributed by atoms with Gasteiger partial charge in [-0.15, -0.1) is 11.8 Å². The van der Waals surface area contributed by atoms with Gasteiger partial charge in [-0.3, -0.25) is 14.9 Å². The predicted molar refractivity (Wildman–Crippen MR) is 89.3 cm³/mol. The van der Waals surface area contributed by atoms with Crippen molar-refractivity contribution < 1.29 is 9.59 Å². The molecule has 7 heteroatoms. The number of aryl methyl sites for hydroxylation is 1. The van der Waals surface area contributed by atoms with Crippen molar-refractivity contribution in [2.75, 3.05) is 17.2 Å². The van der Waals surface area contributed by atoms with Crippen molar-refractivity contribution in [3.05, 3.63) is 29.8 Å². The summed E-state index contributed by atoms with van der Waals surface area (Å²) in [6.07, 6.45) is -0.102. The number of rotatable bonds is 5. The first-order valence-corrected chi connectivity index (χ1v) is 8.34. The highest BCUT2D eigenvalue weighted by molar-refractivity contribution is 8.00. The van der Waals surface area contributed by atoms with Gasteiger partial charge in [-0.05, 0) is 25.5 Å². The van der Waals surface area contributed by atoms with E-state index in [4.69, 9.17) is 5.73 Å². The zero-order chi connectivity index (χ0) is 16.1. The van der Waals surface area contributed by atoms with Gasteiger partial charge in [0.1, 0.15) is 5.50 Å². The first-order chi connectivity index (χ1) is 10.5. The Morgan fingerprint density at radius 1 is 1.45 bits per heavy atom. The number of hydrogen-bond acceptors (Lipinski definition) is 5. The molecule has 1 saturated heterocycles. The number of nitrogens with one attached hydrogen (secondary N) is 2. The van der Waals surface area contributed by atoms with E-state index in [-0.39, 0.29) is 35.7 Å². The minimum absolute atomic E-state index is 0.0111. The molecule has 0 aliphatic carbocycles. The van der Waals surface area contributed by atoms with Crippen LogP contribution in [-0.2, 0) is 9.59 Å². The molecule has 120 valence electrons. The smallest absolute Gasteiger partial charge is 0.237 e. The molecule has 1 fully saturated rings. The molecule has 0 radical (unpaired) electrons. The Morgan fingerprint density at radius 3 is 2.82 bits per heavy atom. The Balaban J connectivity index is 1.95. The molecule has 0 bridgehead atoms. The van der Waals surface area contributed by atoms with Gasteiger partial charge in [0.05, 0.1) is 18.3 Å². The molecule has 1 heterocycles. The lowest BCUT2D eigenvalue weighted by atomic mass is 10.2. The Morgan fingerprint density at radius 2 is 2.18 bits per heavy atom. The molecule has 22 heavy (non-hydrogen) atoms. The zero-order valence-electron chi connectivity index (χ0n) is 12.8. The van der Waals surface area contributed by atoms with Gasteiger partial charge >= 0.3 is 0 Å². The molecule has 0 saturated carbocycles. The van der Waals surface area contributed by atoms with Crippen LogP contribution in [0.2, 0.25) is 0 Å². The molecule has 2 atom stereocenters. The second-order valence-corrected chi connectivity index (χ2v) is 6.25. The number of carbonyl (C=O) groups is 2. The highest BCUT2D eigenvalue weighted by atomic mass is 32.2. The van der Waals surface area contributed by atoms with Crippen LogP contribution in [-0.4, -0.2) is 35.8 Å². The van der Waals surface area contributed by atoms with E-state index in [9.17, 15) is 9.59 Å². The third-order valence-electron chi connectivity index (χ3n) is 3.46. The number of anilines is 1. The first kappa shape index (κ1) is 16.8. The minimum atomic E-state index is -0.361. The number of benzene rings is 1. The second-order valence-electron chi connectivity index (χ2n) is 5.16. The maximum Gasteiger partial charge on any atom is 0.237 e. The molecule has 1 aliphatic heterocycles. The standard InChI is InChI=1S/C15H22N4O2S/c1-3-19(11-7-5-4-6-10(11)2)14(21)9-22-15-17-12(16)8-13(20)18-15/h4-7,12,15,17H,3,8-9,16H2,1-2H3,(H,18,20). The van der Waals surface area contributed by atoms with Crippen molar-refractivity contribution in [2.45, 2.75) is 31.9 Å². The van der Waals surface area contributed by atoms with E-state index in [1.807, 2.05) is 38.1 Å². The maximum atomic E-state index is 12.5. The molecule has 1 aromatic carbocycles. The summed E-state index contributed by atoms with van der Waals surface area (Å²) in [6, 6.07) is 7.81. The zero-order valence-corrected chi connectivity index (χ0v) is 13.7. The van der Waals surface area contributed by atoms with Gasteiger partial charge in [0.2, 0.25) is 11.8 Å². The summed E-state index contributed by atoms with van der Waals surface area (Å²) in [5.74, 6) is 0.187. The van der Waals surface area contributed by atoms with Crippen LogP contribution in [0.25, 0.3) is 0 Å². The van der Waals surface area contributed by atoms with E-state index >= 15 is 0 Å². The molecule has 0 spiro atoms. The van der Waals surface area contributed by atoms with Crippen LogP contribution < -0.4 is 21.3 Å². The van der Waals surface area contributed by atoms with E-state index in [0.29, 0.717) is 6.54 Å². The van der Waals surface area contributed by atoms with Crippen molar-refractivity contribution in [3.8, 4) is 0 Å². The Kier molecular flexibility index (Phi) is 5.82. The quantitative estimate of drug-likeness (QED) is 0.745. The number of nitrogens with zero attached hydrogens (tertiary/aromatic N) is 1. The monoisotopic (exact) mass is 322 g/mol. The van der Waals surface area contributed by atoms with Crippen LogP contribution in [0, 0.1) is 6.92 Å². The molecule has 2 rings (SSSR count). The maximum absolute atomic E-state index is 12.5. The number of hydrogen-bond donors (Lipinski definition) is 3. The summed E-state index contributed by atoms with van der Waals surface area (Å²) in [4.78, 5) is 25.7. The molecule has 0 aromatic heterocycles. The van der Waals surface area contributed by atoms with Gasteiger partial charge in [0, 0.05) is 12.2 Å². The third kappa shape index (κ3) is 4.22. The summed E-state index contributed by atoms with van der Waals surface area (Å²) in [6.45, 7) is 4.54. The average molecular weight is 322 g/mol. The van der Waals surface area contributed by atoms with Crippen molar-refractivity contribution >= 4 is 29.3 Å². The fourth-order valence-corrected chi connectivity index (χ4v) is 3.32. The summed E-state index contributed by atoms with van der Waals surface area (Å²) < 4.78 is 0. The fourth-order valence-electron chi connectivity index (χ4n) is 2.37. The lowest BCUT2D eigenvalue weighted by molar-refractivity contribution is -0.123. The van der Waals surface area contributed by atoms with Crippen LogP contribution in [0.15, 0.2) is 24.3 Å². The number of nitrogens with two attached hydrogens (primary N) is 1. The van der Waals surface area contributed by atoms with Gasteiger partial charge in [0.25, 0.3) is 0 Å². The molecule has 2 unspecified atom stereocenters. The molecule has 4 N–H and O–H groups in total. The molecule has 1 aliphatic rings. The Bertz CT molecular complexity index is 552. The van der Waals surface area contributed by atoms with Crippen LogP contribution in [0.3, 0.4) is 0 Å². The van der Waals surface area contributed by atoms with E-state index in [0.717, 1.165) is 11.3 Å². The summed E-state index contributed by atoms with van der Waals surface area (Å²) in [5.41, 5.74) is 7.40. The van der Waals surface area contributed by atoms with Crippen molar-refractivity contribution in [1.29, 1.82) is 0 Å². The van der Waals surface area contributed by atoms with Gasteiger partial charge in [0.15, 0.2) is 0 Å². The number of para-hydroxylation sites is 1. The molecular weight excluding hydrogens is 300 g/mol. The van der Waals surface area contributed by atoms with Crippen molar-refractivity contribution in [1.82, 2.24) is 10.6 Å². The average Bonchev–Trinajstić information content (AvgIpc) is 2.47. The van der Waals surface area contributed by atoms with E-state index < -0.39 is 0 Å². The topological polar surface area (TPSA) is 87.5 Å². The predicted octanol–water partition coefficient (Wildman–Crippen LogP) is 0.759. The molecule has 6 nitrogen and oxygen atoms in total. The van der Waals surface area contributed by atoms with Gasteiger partial charge < -0.3 is 16.0 Å². The SMILES string of the molecule is CCN(C(=O)CSC1NC(=O)CC(N)N1)c1ccccc1C. The van der Waals surface area contributed by atoms with Crippen molar-refractivity contribution in [3.63, 3.8) is 0 Å². The van der Waals surface area contributed by atoms with Gasteiger partial charge in [-0.25, -0.2) is 0 Å². The second kappa shape index (κ2) is 7.62. The first-order valence-electron chi connectivity index (χ1n) is 7.30. The number of thioether (sulfide) groups is 1. The van der Waals surface area contributed by atoms with Crippen LogP contribution in [0.4, 0.5) is 5.69 Å². The van der Waals surface area contributed by atoms with E-state index in [1.54, 1.807) is 4.90 Å². The summed E-state index contributed by atoms with van der Waals surface area (Å²) >= 11 is 1.34. The normalized spacial score (nSPS) is 21.3. The fraction of sp³-hybridized carbons (Fsp3) is 0.467. The van der Waals surface area contributed by atoms with E-state index in [1.165, 1.54) is 11.8 Å². The molecular formula is C15H22N4O2S. The molecule has 1 aromatic rings. The van der Waals surface area contributed by atoms with E-state index in [2.05, 4.69) is 10.6 Å². The lowest BCUT2D eigenvalue weighted by Gasteiger charge is -2.29. The minimum Gasteiger partial charge on any atom is -0.332 e. The third-order valence-corrected chi connectivity index (χ3v) is 4.46. The largest absolute Gasteiger partial charge is 0.332 e. The number of amides is 2. The lowest BCUT2D eigenvalue weighted by Crippen LogP contribution is -2.58. The highest BCUT2D eigenvalue weighted by Crippen LogP contribution is 2.21.